The van der Waals surface area contributed by atoms with E-state index in [4.69, 9.17) is 4.74 Å². The molecule has 1 aliphatic carbocycles. The lowest BCUT2D eigenvalue weighted by Crippen LogP contribution is -2.50. The van der Waals surface area contributed by atoms with Crippen LogP contribution in [0.25, 0.3) is 10.8 Å². The quantitative estimate of drug-likeness (QED) is 0.602. The molecule has 1 aromatic carbocycles. The number of H-pyrrole nitrogens is 1. The molecule has 0 spiro atoms. The number of amides is 3. The molecule has 3 N–H and O–H groups in total. The Morgan fingerprint density at radius 1 is 1.13 bits per heavy atom. The van der Waals surface area contributed by atoms with Gasteiger partial charge in [0.25, 0.3) is 17.0 Å². The van der Waals surface area contributed by atoms with E-state index in [1.807, 2.05) is 0 Å². The summed E-state index contributed by atoms with van der Waals surface area (Å²) < 4.78 is 5.65. The number of aromatic amines is 1. The predicted octanol–water partition coefficient (Wildman–Crippen LogP) is 0.884. The molecule has 10 nitrogen and oxygen atoms in total. The smallest absolute Gasteiger partial charge is 0.328 e. The number of esters is 1. The van der Waals surface area contributed by atoms with Crippen molar-refractivity contribution in [3.63, 3.8) is 0 Å². The Bertz CT molecular complexity index is 1100. The summed E-state index contributed by atoms with van der Waals surface area (Å²) in [6.45, 7) is 2.94. The maximum absolute atomic E-state index is 12.4. The van der Waals surface area contributed by atoms with Crippen LogP contribution < -0.4 is 21.8 Å². The highest BCUT2D eigenvalue weighted by Crippen LogP contribution is 2.29. The van der Waals surface area contributed by atoms with Gasteiger partial charge in [0, 0.05) is 6.04 Å². The molecule has 1 aliphatic rings. The fraction of sp³-hybridized carbons (Fsp3) is 0.476. The van der Waals surface area contributed by atoms with Gasteiger partial charge in [-0.2, -0.15) is 0 Å². The van der Waals surface area contributed by atoms with Gasteiger partial charge in [-0.05, 0) is 30.4 Å². The number of carbonyl (C=O) groups is 3. The van der Waals surface area contributed by atoms with Crippen LogP contribution in [0.3, 0.4) is 0 Å². The summed E-state index contributed by atoms with van der Waals surface area (Å²) in [6.07, 6.45) is 2.97. The number of rotatable bonds is 5. The number of fused-ring (bicyclic) bond motifs is 1. The normalized spacial score (nSPS) is 20.8. The predicted molar refractivity (Wildman–Crippen MR) is 112 cm³/mol. The lowest BCUT2D eigenvalue weighted by Gasteiger charge is -2.34. The zero-order valence-corrected chi connectivity index (χ0v) is 17.5. The molecular weight excluding hydrogens is 404 g/mol. The second-order valence-electron chi connectivity index (χ2n) is 7.93. The van der Waals surface area contributed by atoms with Crippen LogP contribution in [-0.4, -0.2) is 40.3 Å². The van der Waals surface area contributed by atoms with Crippen LogP contribution in [0.15, 0.2) is 33.9 Å². The number of aromatic nitrogens is 2. The third-order valence-corrected chi connectivity index (χ3v) is 5.81. The van der Waals surface area contributed by atoms with Crippen molar-refractivity contribution in [3.05, 3.63) is 45.0 Å². The molecule has 0 aliphatic heterocycles. The number of benzene rings is 1. The second kappa shape index (κ2) is 9.59. The second-order valence-corrected chi connectivity index (χ2v) is 7.93. The minimum atomic E-state index is -0.904. The van der Waals surface area contributed by atoms with Crippen molar-refractivity contribution < 1.29 is 19.1 Å². The highest BCUT2D eigenvalue weighted by molar-refractivity contribution is 5.95. The summed E-state index contributed by atoms with van der Waals surface area (Å²) >= 11 is 0. The molecule has 0 saturated heterocycles. The third kappa shape index (κ3) is 5.39. The van der Waals surface area contributed by atoms with Crippen LogP contribution in [0.5, 0.6) is 0 Å². The standard InChI is InChI=1S/C21H26N4O6/c1-12-6-5-9-16(13(12)2)22-21(30)23-17(26)11-31-18(27)10-25-20(29)15-8-4-3-7-14(15)19(28)24-25/h3-4,7-8,12-13,16H,5-6,9-11H2,1-2H3,(H,24,28)(H2,22,23,26,30)/t12-,13-,16+/m1/s1. The molecule has 0 bridgehead atoms. The van der Waals surface area contributed by atoms with Crippen molar-refractivity contribution in [3.8, 4) is 0 Å². The average molecular weight is 430 g/mol. The van der Waals surface area contributed by atoms with E-state index in [0.29, 0.717) is 11.8 Å². The van der Waals surface area contributed by atoms with Crippen LogP contribution >= 0.6 is 0 Å². The number of ether oxygens (including phenoxy) is 1. The van der Waals surface area contributed by atoms with Gasteiger partial charge in [-0.1, -0.05) is 38.8 Å². The molecule has 3 atom stereocenters. The Morgan fingerprint density at radius 3 is 2.58 bits per heavy atom. The Kier molecular flexibility index (Phi) is 6.88. The van der Waals surface area contributed by atoms with Gasteiger partial charge in [0.2, 0.25) is 0 Å². The van der Waals surface area contributed by atoms with E-state index in [-0.39, 0.29) is 16.8 Å². The summed E-state index contributed by atoms with van der Waals surface area (Å²) in [5.41, 5.74) is -1.09. The minimum absolute atomic E-state index is 0.0179. The fourth-order valence-corrected chi connectivity index (χ4v) is 3.83. The number of nitrogens with zero attached hydrogens (tertiary/aromatic N) is 1. The Labute approximate surface area is 177 Å². The topological polar surface area (TPSA) is 139 Å². The zero-order valence-electron chi connectivity index (χ0n) is 17.5. The van der Waals surface area contributed by atoms with Crippen LogP contribution in [0.2, 0.25) is 0 Å². The summed E-state index contributed by atoms with van der Waals surface area (Å²) in [4.78, 5) is 60.4. The van der Waals surface area contributed by atoms with Crippen molar-refractivity contribution in [1.29, 1.82) is 0 Å². The third-order valence-electron chi connectivity index (χ3n) is 5.81. The van der Waals surface area contributed by atoms with Gasteiger partial charge in [0.15, 0.2) is 6.61 Å². The number of hydrogen-bond acceptors (Lipinski definition) is 6. The molecular formula is C21H26N4O6. The van der Waals surface area contributed by atoms with Gasteiger partial charge >= 0.3 is 12.0 Å². The Morgan fingerprint density at radius 2 is 1.84 bits per heavy atom. The maximum atomic E-state index is 12.4. The van der Waals surface area contributed by atoms with Crippen LogP contribution in [0.1, 0.15) is 33.1 Å². The number of urea groups is 1. The van der Waals surface area contributed by atoms with E-state index in [2.05, 4.69) is 29.6 Å². The van der Waals surface area contributed by atoms with Crippen molar-refractivity contribution in [1.82, 2.24) is 20.4 Å². The van der Waals surface area contributed by atoms with Gasteiger partial charge in [0.1, 0.15) is 6.54 Å². The van der Waals surface area contributed by atoms with Gasteiger partial charge in [-0.25, -0.2) is 9.48 Å². The summed E-state index contributed by atoms with van der Waals surface area (Å²) in [5.74, 6) is -0.907. The first kappa shape index (κ1) is 22.3. The Balaban J connectivity index is 1.51. The SMILES string of the molecule is C[C@@H]1[C@H](C)CCC[C@@H]1NC(=O)NC(=O)COC(=O)Cn1[nH]c(=O)c2ccccc2c1=O. The summed E-state index contributed by atoms with van der Waals surface area (Å²) in [5, 5.41) is 7.61. The molecule has 0 radical (unpaired) electrons. The molecule has 10 heteroatoms. The molecule has 1 aromatic heterocycles. The first-order valence-corrected chi connectivity index (χ1v) is 10.2. The van der Waals surface area contributed by atoms with Crippen LogP contribution in [0, 0.1) is 11.8 Å². The Hall–Kier alpha value is -3.43. The number of carbonyl (C=O) groups excluding carboxylic acids is 3. The van der Waals surface area contributed by atoms with E-state index >= 15 is 0 Å². The van der Waals surface area contributed by atoms with E-state index in [1.54, 1.807) is 12.1 Å². The first-order chi connectivity index (χ1) is 14.8. The lowest BCUT2D eigenvalue weighted by atomic mass is 9.78. The molecule has 166 valence electrons. The number of nitrogens with one attached hydrogen (secondary N) is 3. The number of imide groups is 1. The van der Waals surface area contributed by atoms with Gasteiger partial charge < -0.3 is 10.1 Å². The highest BCUT2D eigenvalue weighted by atomic mass is 16.5. The summed E-state index contributed by atoms with van der Waals surface area (Å²) in [6, 6.07) is 5.56. The molecule has 1 fully saturated rings. The van der Waals surface area contributed by atoms with Gasteiger partial charge in [-0.3, -0.25) is 29.6 Å². The number of hydrogen-bond donors (Lipinski definition) is 3. The monoisotopic (exact) mass is 430 g/mol. The molecule has 1 saturated carbocycles. The van der Waals surface area contributed by atoms with Crippen LogP contribution in [-0.2, 0) is 20.9 Å². The minimum Gasteiger partial charge on any atom is -0.454 e. The average Bonchev–Trinajstić information content (AvgIpc) is 2.73. The first-order valence-electron chi connectivity index (χ1n) is 10.2. The maximum Gasteiger partial charge on any atom is 0.328 e. The van der Waals surface area contributed by atoms with E-state index < -0.39 is 42.2 Å². The van der Waals surface area contributed by atoms with Crippen molar-refractivity contribution in [2.45, 2.75) is 45.7 Å². The summed E-state index contributed by atoms with van der Waals surface area (Å²) in [7, 11) is 0. The van der Waals surface area contributed by atoms with Gasteiger partial charge in [-0.15, -0.1) is 0 Å². The largest absolute Gasteiger partial charge is 0.454 e. The lowest BCUT2D eigenvalue weighted by molar-refractivity contribution is -0.149. The molecule has 3 amide bonds. The zero-order chi connectivity index (χ0) is 22.5. The van der Waals surface area contributed by atoms with E-state index in [0.717, 1.165) is 23.9 Å². The fourth-order valence-electron chi connectivity index (χ4n) is 3.83. The molecule has 2 aromatic rings. The molecule has 1 heterocycles. The van der Waals surface area contributed by atoms with E-state index in [1.165, 1.54) is 12.1 Å². The van der Waals surface area contributed by atoms with Crippen molar-refractivity contribution in [2.75, 3.05) is 6.61 Å². The highest BCUT2D eigenvalue weighted by Gasteiger charge is 2.28. The van der Waals surface area contributed by atoms with Crippen molar-refractivity contribution >= 4 is 28.7 Å². The van der Waals surface area contributed by atoms with E-state index in [9.17, 15) is 24.0 Å². The van der Waals surface area contributed by atoms with Crippen LogP contribution in [0.4, 0.5) is 4.79 Å². The molecule has 0 unspecified atom stereocenters. The molecule has 3 rings (SSSR count). The van der Waals surface area contributed by atoms with Gasteiger partial charge in [0.05, 0.1) is 10.8 Å². The van der Waals surface area contributed by atoms with Crippen molar-refractivity contribution in [2.24, 2.45) is 11.8 Å². The molecule has 31 heavy (non-hydrogen) atoms.